The van der Waals surface area contributed by atoms with Gasteiger partial charge in [0.2, 0.25) is 5.91 Å². The van der Waals surface area contributed by atoms with Gasteiger partial charge in [0, 0.05) is 10.2 Å². The van der Waals surface area contributed by atoms with Gasteiger partial charge >= 0.3 is 0 Å². The van der Waals surface area contributed by atoms with E-state index in [-0.39, 0.29) is 5.91 Å². The molecule has 0 saturated carbocycles. The largest absolute Gasteiger partial charge is 0.325 e. The van der Waals surface area contributed by atoms with Crippen LogP contribution >= 0.6 is 15.9 Å². The SMILES string of the molecule is CC[C@H](N)C(=O)Nc1cc(C)cc(Br)c1. The van der Waals surface area contributed by atoms with Crippen LogP contribution in [0.3, 0.4) is 0 Å². The fraction of sp³-hybridized carbons (Fsp3) is 0.364. The van der Waals surface area contributed by atoms with Crippen LogP contribution in [0.2, 0.25) is 0 Å². The maximum atomic E-state index is 11.5. The van der Waals surface area contributed by atoms with Gasteiger partial charge in [0.15, 0.2) is 0 Å². The molecule has 0 saturated heterocycles. The third-order valence-electron chi connectivity index (χ3n) is 2.09. The fourth-order valence-electron chi connectivity index (χ4n) is 1.23. The average Bonchev–Trinajstić information content (AvgIpc) is 2.14. The zero-order valence-electron chi connectivity index (χ0n) is 8.88. The minimum Gasteiger partial charge on any atom is -0.325 e. The van der Waals surface area contributed by atoms with Crippen molar-refractivity contribution in [3.05, 3.63) is 28.2 Å². The summed E-state index contributed by atoms with van der Waals surface area (Å²) in [6, 6.07) is 5.30. The Morgan fingerprint density at radius 3 is 2.73 bits per heavy atom. The summed E-state index contributed by atoms with van der Waals surface area (Å²) in [4.78, 5) is 11.5. The van der Waals surface area contributed by atoms with E-state index in [4.69, 9.17) is 5.73 Å². The fourth-order valence-corrected chi connectivity index (χ4v) is 1.84. The molecular formula is C11H15BrN2O. The Morgan fingerprint density at radius 2 is 2.20 bits per heavy atom. The summed E-state index contributed by atoms with van der Waals surface area (Å²) >= 11 is 3.37. The van der Waals surface area contributed by atoms with Crippen LogP contribution in [-0.2, 0) is 4.79 Å². The molecule has 15 heavy (non-hydrogen) atoms. The summed E-state index contributed by atoms with van der Waals surface area (Å²) < 4.78 is 0.947. The lowest BCUT2D eigenvalue weighted by atomic mass is 10.2. The van der Waals surface area contributed by atoms with Gasteiger partial charge in [-0.25, -0.2) is 0 Å². The molecule has 3 N–H and O–H groups in total. The summed E-state index contributed by atoms with van der Waals surface area (Å²) in [6.45, 7) is 3.86. The molecule has 0 aromatic heterocycles. The van der Waals surface area contributed by atoms with E-state index in [1.807, 2.05) is 32.0 Å². The molecule has 1 rings (SSSR count). The van der Waals surface area contributed by atoms with E-state index in [1.165, 1.54) is 0 Å². The van der Waals surface area contributed by atoms with Crippen LogP contribution in [0.25, 0.3) is 0 Å². The molecule has 0 aliphatic heterocycles. The van der Waals surface area contributed by atoms with Crippen LogP contribution in [-0.4, -0.2) is 11.9 Å². The molecule has 0 heterocycles. The zero-order valence-corrected chi connectivity index (χ0v) is 10.5. The molecule has 0 radical (unpaired) electrons. The van der Waals surface area contributed by atoms with Crippen LogP contribution in [0.5, 0.6) is 0 Å². The van der Waals surface area contributed by atoms with Crippen molar-refractivity contribution in [1.29, 1.82) is 0 Å². The number of nitrogens with one attached hydrogen (secondary N) is 1. The molecule has 0 fully saturated rings. The van der Waals surface area contributed by atoms with Gasteiger partial charge in [-0.05, 0) is 37.1 Å². The van der Waals surface area contributed by atoms with Gasteiger partial charge in [0.05, 0.1) is 6.04 Å². The number of halogens is 1. The van der Waals surface area contributed by atoms with Gasteiger partial charge in [-0.2, -0.15) is 0 Å². The molecule has 0 aliphatic rings. The molecular weight excluding hydrogens is 256 g/mol. The van der Waals surface area contributed by atoms with E-state index in [0.29, 0.717) is 6.42 Å². The van der Waals surface area contributed by atoms with Gasteiger partial charge in [-0.15, -0.1) is 0 Å². The second-order valence-electron chi connectivity index (χ2n) is 3.52. The van der Waals surface area contributed by atoms with Gasteiger partial charge in [0.1, 0.15) is 0 Å². The highest BCUT2D eigenvalue weighted by molar-refractivity contribution is 9.10. The third kappa shape index (κ3) is 3.64. The van der Waals surface area contributed by atoms with Crippen molar-refractivity contribution in [1.82, 2.24) is 0 Å². The predicted molar refractivity (Wildman–Crippen MR) is 65.8 cm³/mol. The molecule has 0 bridgehead atoms. The summed E-state index contributed by atoms with van der Waals surface area (Å²) in [5.41, 5.74) is 7.48. The smallest absolute Gasteiger partial charge is 0.241 e. The van der Waals surface area contributed by atoms with E-state index < -0.39 is 6.04 Å². The molecule has 82 valence electrons. The molecule has 3 nitrogen and oxygen atoms in total. The van der Waals surface area contributed by atoms with Crippen molar-refractivity contribution in [2.45, 2.75) is 26.3 Å². The Hall–Kier alpha value is -0.870. The van der Waals surface area contributed by atoms with Gasteiger partial charge in [0.25, 0.3) is 0 Å². The minimum absolute atomic E-state index is 0.144. The number of hydrogen-bond donors (Lipinski definition) is 2. The summed E-state index contributed by atoms with van der Waals surface area (Å²) in [5, 5.41) is 2.78. The number of rotatable bonds is 3. The van der Waals surface area contributed by atoms with Gasteiger partial charge < -0.3 is 11.1 Å². The van der Waals surface area contributed by atoms with Gasteiger partial charge in [-0.3, -0.25) is 4.79 Å². The monoisotopic (exact) mass is 270 g/mol. The van der Waals surface area contributed by atoms with E-state index in [0.717, 1.165) is 15.7 Å². The Labute approximate surface area is 98.2 Å². The number of aryl methyl sites for hydroxylation is 1. The number of carbonyl (C=O) groups is 1. The van der Waals surface area contributed by atoms with Crippen LogP contribution < -0.4 is 11.1 Å². The maximum absolute atomic E-state index is 11.5. The zero-order chi connectivity index (χ0) is 11.4. The Morgan fingerprint density at radius 1 is 1.53 bits per heavy atom. The lowest BCUT2D eigenvalue weighted by Gasteiger charge is -2.10. The first kappa shape index (κ1) is 12.2. The van der Waals surface area contributed by atoms with E-state index in [9.17, 15) is 4.79 Å². The van der Waals surface area contributed by atoms with Crippen molar-refractivity contribution in [3.63, 3.8) is 0 Å². The molecule has 1 amide bonds. The molecule has 0 unspecified atom stereocenters. The Balaban J connectivity index is 2.76. The quantitative estimate of drug-likeness (QED) is 0.887. The van der Waals surface area contributed by atoms with Crippen molar-refractivity contribution >= 4 is 27.5 Å². The first-order valence-electron chi connectivity index (χ1n) is 4.86. The number of benzene rings is 1. The van der Waals surface area contributed by atoms with Crippen LogP contribution in [0.4, 0.5) is 5.69 Å². The van der Waals surface area contributed by atoms with Crippen LogP contribution in [0.15, 0.2) is 22.7 Å². The van der Waals surface area contributed by atoms with E-state index in [2.05, 4.69) is 21.2 Å². The van der Waals surface area contributed by atoms with Crippen molar-refractivity contribution in [2.24, 2.45) is 5.73 Å². The number of nitrogens with two attached hydrogens (primary N) is 1. The van der Waals surface area contributed by atoms with Gasteiger partial charge in [-0.1, -0.05) is 22.9 Å². The van der Waals surface area contributed by atoms with Crippen molar-refractivity contribution < 1.29 is 4.79 Å². The van der Waals surface area contributed by atoms with E-state index >= 15 is 0 Å². The first-order chi connectivity index (χ1) is 7.02. The Kier molecular flexibility index (Phi) is 4.29. The predicted octanol–water partition coefficient (Wildman–Crippen LogP) is 2.43. The summed E-state index contributed by atoms with van der Waals surface area (Å²) in [5.74, 6) is -0.144. The number of hydrogen-bond acceptors (Lipinski definition) is 2. The van der Waals surface area contributed by atoms with E-state index in [1.54, 1.807) is 0 Å². The standard InChI is InChI=1S/C11H15BrN2O/c1-3-10(13)11(15)14-9-5-7(2)4-8(12)6-9/h4-6,10H,3,13H2,1-2H3,(H,14,15)/t10-/m0/s1. The number of carbonyl (C=O) groups excluding carboxylic acids is 1. The highest BCUT2D eigenvalue weighted by atomic mass is 79.9. The van der Waals surface area contributed by atoms with Crippen LogP contribution in [0.1, 0.15) is 18.9 Å². The summed E-state index contributed by atoms with van der Waals surface area (Å²) in [7, 11) is 0. The normalized spacial score (nSPS) is 12.3. The maximum Gasteiger partial charge on any atom is 0.241 e. The molecule has 1 aromatic rings. The highest BCUT2D eigenvalue weighted by Gasteiger charge is 2.10. The van der Waals surface area contributed by atoms with Crippen LogP contribution in [0, 0.1) is 6.92 Å². The summed E-state index contributed by atoms with van der Waals surface area (Å²) in [6.07, 6.45) is 0.638. The molecule has 1 aromatic carbocycles. The van der Waals surface area contributed by atoms with Crippen molar-refractivity contribution in [3.8, 4) is 0 Å². The second-order valence-corrected chi connectivity index (χ2v) is 4.44. The van der Waals surface area contributed by atoms with Crippen molar-refractivity contribution in [2.75, 3.05) is 5.32 Å². The minimum atomic E-state index is -0.440. The Bertz CT molecular complexity index is 345. The lowest BCUT2D eigenvalue weighted by molar-refractivity contribution is -0.117. The second kappa shape index (κ2) is 5.28. The topological polar surface area (TPSA) is 55.1 Å². The highest BCUT2D eigenvalue weighted by Crippen LogP contribution is 2.19. The first-order valence-corrected chi connectivity index (χ1v) is 5.66. The molecule has 0 aliphatic carbocycles. The molecule has 4 heteroatoms. The lowest BCUT2D eigenvalue weighted by Crippen LogP contribution is -2.34. The molecule has 1 atom stereocenters. The number of amides is 1. The molecule has 0 spiro atoms. The average molecular weight is 271 g/mol. The number of anilines is 1. The third-order valence-corrected chi connectivity index (χ3v) is 2.54.